The summed E-state index contributed by atoms with van der Waals surface area (Å²) in [5.74, 6) is 0. The van der Waals surface area contributed by atoms with Crippen LogP contribution in [0.5, 0.6) is 0 Å². The number of aliphatic hydroxyl groups excluding tert-OH is 1. The van der Waals surface area contributed by atoms with Crippen molar-refractivity contribution in [1.82, 2.24) is 4.98 Å². The van der Waals surface area contributed by atoms with E-state index in [2.05, 4.69) is 4.98 Å². The number of hydrogen-bond acceptors (Lipinski definition) is 3. The molecule has 2 nitrogen and oxygen atoms in total. The lowest BCUT2D eigenvalue weighted by Crippen LogP contribution is -1.99. The fraction of sp³-hybridized carbons (Fsp3) is 0.571. The highest BCUT2D eigenvalue weighted by molar-refractivity contribution is 7.15. The van der Waals surface area contributed by atoms with Crippen LogP contribution in [0.25, 0.3) is 0 Å². The predicted molar refractivity (Wildman–Crippen MR) is 47.1 cm³/mol. The number of hydrogen-bond donors (Lipinski definition) is 1. The van der Waals surface area contributed by atoms with Crippen LogP contribution in [-0.4, -0.2) is 16.2 Å². The summed E-state index contributed by atoms with van der Waals surface area (Å²) >= 11 is 7.09. The molecule has 4 heteroatoms. The maximum atomic E-state index is 8.97. The van der Waals surface area contributed by atoms with Gasteiger partial charge in [0.1, 0.15) is 0 Å². The first kappa shape index (κ1) is 8.97. The van der Waals surface area contributed by atoms with Gasteiger partial charge in [0.2, 0.25) is 0 Å². The van der Waals surface area contributed by atoms with Gasteiger partial charge in [-0.3, -0.25) is 0 Å². The van der Waals surface area contributed by atoms with Crippen molar-refractivity contribution < 1.29 is 5.11 Å². The zero-order valence-corrected chi connectivity index (χ0v) is 7.82. The van der Waals surface area contributed by atoms with Crippen molar-refractivity contribution in [2.24, 2.45) is 0 Å². The van der Waals surface area contributed by atoms with E-state index in [1.54, 1.807) is 13.1 Å². The Hall–Kier alpha value is -0.120. The van der Waals surface area contributed by atoms with Crippen molar-refractivity contribution >= 4 is 22.9 Å². The smallest absolute Gasteiger partial charge is 0.183 e. The van der Waals surface area contributed by atoms with Gasteiger partial charge in [-0.1, -0.05) is 11.6 Å². The lowest BCUT2D eigenvalue weighted by Gasteiger charge is -1.99. The quantitative estimate of drug-likeness (QED) is 0.794. The largest absolute Gasteiger partial charge is 0.393 e. The molecule has 1 N–H and O–H groups in total. The van der Waals surface area contributed by atoms with Crippen LogP contribution in [0.1, 0.15) is 18.2 Å². The summed E-state index contributed by atoms with van der Waals surface area (Å²) in [5, 5.41) is 8.97. The van der Waals surface area contributed by atoms with Gasteiger partial charge in [0.05, 0.1) is 6.10 Å². The molecule has 1 aromatic heterocycles. The molecular weight excluding hydrogens is 182 g/mol. The number of thiazole rings is 1. The molecule has 0 aliphatic carbocycles. The fourth-order valence-electron chi connectivity index (χ4n) is 0.750. The second kappa shape index (κ2) is 4.04. The molecule has 0 aliphatic heterocycles. The van der Waals surface area contributed by atoms with Crippen molar-refractivity contribution in [2.45, 2.75) is 25.9 Å². The van der Waals surface area contributed by atoms with Gasteiger partial charge in [-0.2, -0.15) is 0 Å². The standard InChI is InChI=1S/C7H10ClNOS/c1-5(10)2-3-6-4-9-7(8)11-6/h4-5,10H,2-3H2,1H3/t5-/m0/s1. The first-order valence-corrected chi connectivity index (χ1v) is 4.66. The van der Waals surface area contributed by atoms with Gasteiger partial charge in [-0.25, -0.2) is 4.98 Å². The molecular formula is C7H10ClNOS. The van der Waals surface area contributed by atoms with E-state index in [1.165, 1.54) is 11.3 Å². The zero-order valence-electron chi connectivity index (χ0n) is 6.25. The molecule has 0 saturated carbocycles. The van der Waals surface area contributed by atoms with Crippen molar-refractivity contribution in [3.63, 3.8) is 0 Å². The highest BCUT2D eigenvalue weighted by atomic mass is 35.5. The lowest BCUT2D eigenvalue weighted by molar-refractivity contribution is 0.185. The molecule has 0 bridgehead atoms. The van der Waals surface area contributed by atoms with Crippen LogP contribution in [-0.2, 0) is 6.42 Å². The molecule has 11 heavy (non-hydrogen) atoms. The molecule has 0 fully saturated rings. The molecule has 0 saturated heterocycles. The van der Waals surface area contributed by atoms with Gasteiger partial charge in [-0.15, -0.1) is 11.3 Å². The maximum absolute atomic E-state index is 8.97. The Morgan fingerprint density at radius 2 is 2.55 bits per heavy atom. The third-order valence-corrected chi connectivity index (χ3v) is 2.51. The maximum Gasteiger partial charge on any atom is 0.183 e. The van der Waals surface area contributed by atoms with E-state index in [9.17, 15) is 0 Å². The summed E-state index contributed by atoms with van der Waals surface area (Å²) in [5.41, 5.74) is 0. The van der Waals surface area contributed by atoms with E-state index < -0.39 is 0 Å². The molecule has 0 unspecified atom stereocenters. The minimum absolute atomic E-state index is 0.240. The van der Waals surface area contributed by atoms with Crippen LogP contribution in [0.15, 0.2) is 6.20 Å². The van der Waals surface area contributed by atoms with Crippen LogP contribution in [0, 0.1) is 0 Å². The van der Waals surface area contributed by atoms with E-state index in [1.807, 2.05) is 0 Å². The number of aryl methyl sites for hydroxylation is 1. The molecule has 0 amide bonds. The van der Waals surface area contributed by atoms with Crippen LogP contribution in [0.4, 0.5) is 0 Å². The molecule has 1 atom stereocenters. The SMILES string of the molecule is C[C@H](O)CCc1cnc(Cl)s1. The molecule has 1 rings (SSSR count). The predicted octanol–water partition coefficient (Wildman–Crippen LogP) is 2.11. The van der Waals surface area contributed by atoms with E-state index in [0.717, 1.165) is 17.7 Å². The molecule has 62 valence electrons. The minimum Gasteiger partial charge on any atom is -0.393 e. The Morgan fingerprint density at radius 1 is 1.82 bits per heavy atom. The zero-order chi connectivity index (χ0) is 8.27. The first-order valence-electron chi connectivity index (χ1n) is 3.47. The number of nitrogens with zero attached hydrogens (tertiary/aromatic N) is 1. The van der Waals surface area contributed by atoms with Crippen LogP contribution >= 0.6 is 22.9 Å². The average molecular weight is 192 g/mol. The Bertz CT molecular complexity index is 224. The Balaban J connectivity index is 2.39. The second-order valence-electron chi connectivity index (χ2n) is 2.47. The normalized spacial score (nSPS) is 13.4. The summed E-state index contributed by atoms with van der Waals surface area (Å²) in [6, 6.07) is 0. The average Bonchev–Trinajstić information content (AvgIpc) is 2.31. The Morgan fingerprint density at radius 3 is 3.00 bits per heavy atom. The van der Waals surface area contributed by atoms with Gasteiger partial charge in [0.15, 0.2) is 4.47 Å². The Kier molecular flexibility index (Phi) is 3.30. The van der Waals surface area contributed by atoms with E-state index in [0.29, 0.717) is 4.47 Å². The lowest BCUT2D eigenvalue weighted by atomic mass is 10.2. The molecule has 0 radical (unpaired) electrons. The van der Waals surface area contributed by atoms with E-state index in [4.69, 9.17) is 16.7 Å². The van der Waals surface area contributed by atoms with Crippen molar-refractivity contribution in [3.05, 3.63) is 15.5 Å². The van der Waals surface area contributed by atoms with Gasteiger partial charge >= 0.3 is 0 Å². The number of rotatable bonds is 3. The van der Waals surface area contributed by atoms with Gasteiger partial charge in [0.25, 0.3) is 0 Å². The van der Waals surface area contributed by atoms with E-state index >= 15 is 0 Å². The fourth-order valence-corrected chi connectivity index (χ4v) is 1.74. The highest BCUT2D eigenvalue weighted by Gasteiger charge is 2.01. The monoisotopic (exact) mass is 191 g/mol. The molecule has 1 heterocycles. The molecule has 1 aromatic rings. The van der Waals surface area contributed by atoms with Crippen molar-refractivity contribution in [3.8, 4) is 0 Å². The molecule has 0 spiro atoms. The van der Waals surface area contributed by atoms with Crippen molar-refractivity contribution in [2.75, 3.05) is 0 Å². The summed E-state index contributed by atoms with van der Waals surface area (Å²) in [7, 11) is 0. The summed E-state index contributed by atoms with van der Waals surface area (Å²) in [4.78, 5) is 5.03. The third-order valence-electron chi connectivity index (χ3n) is 1.33. The van der Waals surface area contributed by atoms with Crippen LogP contribution in [0.2, 0.25) is 4.47 Å². The molecule has 0 aliphatic rings. The summed E-state index contributed by atoms with van der Waals surface area (Å²) in [6.07, 6.45) is 3.16. The first-order chi connectivity index (χ1) is 5.18. The summed E-state index contributed by atoms with van der Waals surface area (Å²) in [6.45, 7) is 1.78. The molecule has 0 aromatic carbocycles. The summed E-state index contributed by atoms with van der Waals surface area (Å²) < 4.78 is 0.575. The highest BCUT2D eigenvalue weighted by Crippen LogP contribution is 2.19. The van der Waals surface area contributed by atoms with E-state index in [-0.39, 0.29) is 6.10 Å². The van der Waals surface area contributed by atoms with Crippen LogP contribution < -0.4 is 0 Å². The number of halogens is 1. The van der Waals surface area contributed by atoms with Crippen molar-refractivity contribution in [1.29, 1.82) is 0 Å². The number of aromatic nitrogens is 1. The number of aliphatic hydroxyl groups is 1. The van der Waals surface area contributed by atoms with Gasteiger partial charge in [0, 0.05) is 11.1 Å². The van der Waals surface area contributed by atoms with Gasteiger partial charge in [-0.05, 0) is 19.8 Å². The van der Waals surface area contributed by atoms with Gasteiger partial charge < -0.3 is 5.11 Å². The third kappa shape index (κ3) is 3.18. The Labute approximate surface area is 74.8 Å². The topological polar surface area (TPSA) is 33.1 Å². The minimum atomic E-state index is -0.240. The van der Waals surface area contributed by atoms with Crippen LogP contribution in [0.3, 0.4) is 0 Å². The second-order valence-corrected chi connectivity index (χ2v) is 4.16.